The predicted octanol–water partition coefficient (Wildman–Crippen LogP) is 4.87. The lowest BCUT2D eigenvalue weighted by Crippen LogP contribution is -2.49. The first kappa shape index (κ1) is 21.2. The van der Waals surface area contributed by atoms with Crippen LogP contribution in [0.4, 0.5) is 0 Å². The minimum absolute atomic E-state index is 0.00490. The summed E-state index contributed by atoms with van der Waals surface area (Å²) in [6.45, 7) is 4.31. The van der Waals surface area contributed by atoms with E-state index in [0.717, 1.165) is 24.8 Å². The summed E-state index contributed by atoms with van der Waals surface area (Å²) in [5.41, 5.74) is 1.24. The molecule has 5 nitrogen and oxygen atoms in total. The second-order valence-corrected chi connectivity index (χ2v) is 7.89. The van der Waals surface area contributed by atoms with Crippen LogP contribution < -0.4 is 4.74 Å². The number of esters is 1. The molecule has 0 N–H and O–H groups in total. The maximum atomic E-state index is 12.5. The van der Waals surface area contributed by atoms with Crippen molar-refractivity contribution < 1.29 is 19.1 Å². The highest BCUT2D eigenvalue weighted by Crippen LogP contribution is 2.23. The van der Waals surface area contributed by atoms with Crippen molar-refractivity contribution in [2.24, 2.45) is 0 Å². The third kappa shape index (κ3) is 5.73. The number of rotatable bonds is 6. The van der Waals surface area contributed by atoms with Gasteiger partial charge in [0.25, 0.3) is 5.91 Å². The molecule has 0 bridgehead atoms. The van der Waals surface area contributed by atoms with Crippen LogP contribution in [-0.4, -0.2) is 35.5 Å². The van der Waals surface area contributed by atoms with E-state index in [1.807, 2.05) is 17.0 Å². The Balaban J connectivity index is 1.50. The highest BCUT2D eigenvalue weighted by molar-refractivity contribution is 6.30. The molecule has 1 aliphatic rings. The van der Waals surface area contributed by atoms with Gasteiger partial charge in [-0.15, -0.1) is 0 Å². The molecule has 3 rings (SSSR count). The Morgan fingerprint density at radius 2 is 1.76 bits per heavy atom. The molecule has 0 aliphatic carbocycles. The summed E-state index contributed by atoms with van der Waals surface area (Å²) >= 11 is 5.93. The lowest BCUT2D eigenvalue weighted by molar-refractivity contribution is -0.139. The summed E-state index contributed by atoms with van der Waals surface area (Å²) in [6.07, 6.45) is 3.21. The van der Waals surface area contributed by atoms with E-state index in [4.69, 9.17) is 21.1 Å². The molecule has 1 heterocycles. The van der Waals surface area contributed by atoms with Crippen LogP contribution in [-0.2, 0) is 16.1 Å². The summed E-state index contributed by atoms with van der Waals surface area (Å²) in [6, 6.07) is 14.3. The monoisotopic (exact) mass is 415 g/mol. The van der Waals surface area contributed by atoms with E-state index >= 15 is 0 Å². The third-order valence-corrected chi connectivity index (χ3v) is 5.43. The molecule has 154 valence electrons. The summed E-state index contributed by atoms with van der Waals surface area (Å²) in [5.74, 6) is 0.111. The number of benzene rings is 2. The Hall–Kier alpha value is -2.53. The maximum Gasteiger partial charge on any atom is 0.338 e. The number of carbonyl (C=O) groups excluding carboxylic acids is 2. The van der Waals surface area contributed by atoms with Crippen molar-refractivity contribution in [3.05, 3.63) is 64.7 Å². The number of amides is 1. The molecule has 2 atom stereocenters. The Labute approximate surface area is 176 Å². The molecule has 2 aromatic carbocycles. The van der Waals surface area contributed by atoms with Gasteiger partial charge in [0.2, 0.25) is 0 Å². The number of nitrogens with zero attached hydrogens (tertiary/aromatic N) is 1. The standard InChI is InChI=1S/C23H26ClNO4/c1-16-5-3-6-17(2)25(16)22(26)15-28-21-11-9-19(10-12-21)23(27)29-14-18-7-4-8-20(24)13-18/h4,7-13,16-17H,3,5-6,14-15H2,1-2H3. The van der Waals surface area contributed by atoms with Crippen molar-refractivity contribution in [3.63, 3.8) is 0 Å². The minimum Gasteiger partial charge on any atom is -0.484 e. The van der Waals surface area contributed by atoms with E-state index in [9.17, 15) is 9.59 Å². The Morgan fingerprint density at radius 3 is 2.41 bits per heavy atom. The van der Waals surface area contributed by atoms with Gasteiger partial charge in [0.05, 0.1) is 5.56 Å². The number of hydrogen-bond donors (Lipinski definition) is 0. The number of hydrogen-bond acceptors (Lipinski definition) is 4. The van der Waals surface area contributed by atoms with Gasteiger partial charge in [-0.3, -0.25) is 4.79 Å². The van der Waals surface area contributed by atoms with Crippen LogP contribution in [0.3, 0.4) is 0 Å². The second-order valence-electron chi connectivity index (χ2n) is 7.45. The average Bonchev–Trinajstić information content (AvgIpc) is 2.71. The fourth-order valence-corrected chi connectivity index (χ4v) is 3.89. The van der Waals surface area contributed by atoms with Gasteiger partial charge in [-0.25, -0.2) is 4.79 Å². The van der Waals surface area contributed by atoms with Crippen LogP contribution >= 0.6 is 11.6 Å². The van der Waals surface area contributed by atoms with Crippen LogP contribution in [0.25, 0.3) is 0 Å². The summed E-state index contributed by atoms with van der Waals surface area (Å²) in [7, 11) is 0. The quantitative estimate of drug-likeness (QED) is 0.632. The molecular weight excluding hydrogens is 390 g/mol. The number of halogens is 1. The van der Waals surface area contributed by atoms with Gasteiger partial charge >= 0.3 is 5.97 Å². The first-order chi connectivity index (χ1) is 13.9. The SMILES string of the molecule is CC1CCCC(C)N1C(=O)COc1ccc(C(=O)OCc2cccc(Cl)c2)cc1. The van der Waals surface area contributed by atoms with E-state index in [2.05, 4.69) is 13.8 Å². The number of ether oxygens (including phenoxy) is 2. The molecule has 0 saturated carbocycles. The Morgan fingerprint density at radius 1 is 1.07 bits per heavy atom. The van der Waals surface area contributed by atoms with Gasteiger partial charge in [-0.2, -0.15) is 0 Å². The van der Waals surface area contributed by atoms with Gasteiger partial charge in [0, 0.05) is 17.1 Å². The van der Waals surface area contributed by atoms with Crippen molar-refractivity contribution in [1.82, 2.24) is 4.90 Å². The zero-order chi connectivity index (χ0) is 20.8. The van der Waals surface area contributed by atoms with Gasteiger partial charge in [0.1, 0.15) is 12.4 Å². The van der Waals surface area contributed by atoms with Crippen LogP contribution in [0, 0.1) is 0 Å². The molecule has 2 aromatic rings. The molecule has 0 spiro atoms. The molecule has 0 aromatic heterocycles. The van der Waals surface area contributed by atoms with Crippen molar-refractivity contribution in [2.75, 3.05) is 6.61 Å². The van der Waals surface area contributed by atoms with Crippen LogP contribution in [0.2, 0.25) is 5.02 Å². The van der Waals surface area contributed by atoms with Crippen molar-refractivity contribution in [1.29, 1.82) is 0 Å². The molecule has 29 heavy (non-hydrogen) atoms. The maximum absolute atomic E-state index is 12.5. The molecule has 1 fully saturated rings. The molecule has 1 amide bonds. The zero-order valence-electron chi connectivity index (χ0n) is 16.8. The summed E-state index contributed by atoms with van der Waals surface area (Å²) in [5, 5.41) is 0.600. The topological polar surface area (TPSA) is 55.8 Å². The van der Waals surface area contributed by atoms with Gasteiger partial charge in [0.15, 0.2) is 6.61 Å². The first-order valence-corrected chi connectivity index (χ1v) is 10.3. The minimum atomic E-state index is -0.427. The van der Waals surface area contributed by atoms with Gasteiger partial charge < -0.3 is 14.4 Å². The second kappa shape index (κ2) is 9.79. The number of piperidine rings is 1. The van der Waals surface area contributed by atoms with Gasteiger partial charge in [-0.1, -0.05) is 23.7 Å². The van der Waals surface area contributed by atoms with E-state index in [1.54, 1.807) is 36.4 Å². The van der Waals surface area contributed by atoms with Gasteiger partial charge in [-0.05, 0) is 75.1 Å². The summed E-state index contributed by atoms with van der Waals surface area (Å²) in [4.78, 5) is 26.7. The predicted molar refractivity (Wildman–Crippen MR) is 112 cm³/mol. The van der Waals surface area contributed by atoms with E-state index in [1.165, 1.54) is 0 Å². The first-order valence-electron chi connectivity index (χ1n) is 9.89. The fourth-order valence-electron chi connectivity index (χ4n) is 3.68. The largest absolute Gasteiger partial charge is 0.484 e. The Bertz CT molecular complexity index is 842. The molecular formula is C23H26ClNO4. The van der Waals surface area contributed by atoms with Crippen LogP contribution in [0.1, 0.15) is 49.0 Å². The zero-order valence-corrected chi connectivity index (χ0v) is 17.5. The normalized spacial score (nSPS) is 18.9. The molecule has 0 radical (unpaired) electrons. The molecule has 2 unspecified atom stereocenters. The number of carbonyl (C=O) groups is 2. The van der Waals surface area contributed by atoms with Crippen molar-refractivity contribution in [2.45, 2.75) is 51.8 Å². The molecule has 1 aliphatic heterocycles. The lowest BCUT2D eigenvalue weighted by Gasteiger charge is -2.38. The average molecular weight is 416 g/mol. The smallest absolute Gasteiger partial charge is 0.338 e. The van der Waals surface area contributed by atoms with E-state index in [-0.39, 0.29) is 31.2 Å². The van der Waals surface area contributed by atoms with E-state index in [0.29, 0.717) is 16.3 Å². The highest BCUT2D eigenvalue weighted by atomic mass is 35.5. The van der Waals surface area contributed by atoms with E-state index < -0.39 is 5.97 Å². The lowest BCUT2D eigenvalue weighted by atomic mass is 9.97. The fraction of sp³-hybridized carbons (Fsp3) is 0.391. The molecule has 1 saturated heterocycles. The van der Waals surface area contributed by atoms with Crippen molar-refractivity contribution >= 4 is 23.5 Å². The highest BCUT2D eigenvalue weighted by Gasteiger charge is 2.28. The van der Waals surface area contributed by atoms with Crippen LogP contribution in [0.5, 0.6) is 5.75 Å². The summed E-state index contributed by atoms with van der Waals surface area (Å²) < 4.78 is 10.9. The van der Waals surface area contributed by atoms with Crippen molar-refractivity contribution in [3.8, 4) is 5.75 Å². The molecule has 6 heteroatoms. The Kier molecular flexibility index (Phi) is 7.15. The van der Waals surface area contributed by atoms with Crippen LogP contribution in [0.15, 0.2) is 48.5 Å². The third-order valence-electron chi connectivity index (χ3n) is 5.19. The number of likely N-dealkylation sites (tertiary alicyclic amines) is 1.